The molecule has 1 amide bonds. The van der Waals surface area contributed by atoms with Crippen molar-refractivity contribution in [3.63, 3.8) is 0 Å². The van der Waals surface area contributed by atoms with E-state index < -0.39 is 17.9 Å². The van der Waals surface area contributed by atoms with Crippen LogP contribution in [-0.4, -0.2) is 41.7 Å². The molecule has 3 aromatic rings. The highest BCUT2D eigenvalue weighted by molar-refractivity contribution is 5.98. The fourth-order valence-corrected chi connectivity index (χ4v) is 2.43. The highest BCUT2D eigenvalue weighted by Gasteiger charge is 2.23. The first kappa shape index (κ1) is 18.4. The molecular formula is C19H18N2O6. The highest BCUT2D eigenvalue weighted by atomic mass is 16.5. The van der Waals surface area contributed by atoms with Crippen molar-refractivity contribution in [3.8, 4) is 5.75 Å². The molecule has 2 heterocycles. The van der Waals surface area contributed by atoms with E-state index in [-0.39, 0.29) is 19.0 Å². The lowest BCUT2D eigenvalue weighted by atomic mass is 10.2. The summed E-state index contributed by atoms with van der Waals surface area (Å²) in [6.45, 7) is -0.0589. The van der Waals surface area contributed by atoms with Crippen LogP contribution >= 0.6 is 0 Å². The number of ether oxygens (including phenoxy) is 2. The zero-order chi connectivity index (χ0) is 19.2. The molecule has 0 aliphatic heterocycles. The van der Waals surface area contributed by atoms with Gasteiger partial charge in [-0.25, -0.2) is 4.79 Å². The fourth-order valence-electron chi connectivity index (χ4n) is 2.43. The number of pyridine rings is 1. The van der Waals surface area contributed by atoms with Gasteiger partial charge in [0, 0.05) is 11.6 Å². The number of rotatable bonds is 8. The molecule has 0 radical (unpaired) electrons. The van der Waals surface area contributed by atoms with Crippen molar-refractivity contribution in [2.24, 2.45) is 0 Å². The summed E-state index contributed by atoms with van der Waals surface area (Å²) in [6.07, 6.45) is 1.62. The molecule has 1 aromatic carbocycles. The monoisotopic (exact) mass is 370 g/mol. The highest BCUT2D eigenvalue weighted by Crippen LogP contribution is 2.24. The van der Waals surface area contributed by atoms with Crippen LogP contribution in [0.1, 0.15) is 16.2 Å². The van der Waals surface area contributed by atoms with Gasteiger partial charge in [-0.3, -0.25) is 9.78 Å². The van der Waals surface area contributed by atoms with Gasteiger partial charge < -0.3 is 24.3 Å². The Morgan fingerprint density at radius 1 is 1.26 bits per heavy atom. The Balaban J connectivity index is 1.63. The topological polar surface area (TPSA) is 111 Å². The summed E-state index contributed by atoms with van der Waals surface area (Å²) in [5, 5.41) is 12.4. The predicted octanol–water partition coefficient (Wildman–Crippen LogP) is 2.24. The van der Waals surface area contributed by atoms with E-state index in [9.17, 15) is 14.7 Å². The number of amides is 1. The third kappa shape index (κ3) is 4.62. The number of nitrogens with one attached hydrogen (secondary N) is 1. The maximum Gasteiger partial charge on any atom is 0.328 e. The number of carboxylic acids is 1. The zero-order valence-corrected chi connectivity index (χ0v) is 14.5. The smallest absolute Gasteiger partial charge is 0.328 e. The first-order valence-electron chi connectivity index (χ1n) is 8.15. The second-order valence-electron chi connectivity index (χ2n) is 5.71. The van der Waals surface area contributed by atoms with Crippen LogP contribution in [0.4, 0.5) is 0 Å². The molecule has 0 fully saturated rings. The van der Waals surface area contributed by atoms with Crippen LogP contribution in [0.15, 0.2) is 53.1 Å². The number of carbonyl (C=O) groups is 2. The Morgan fingerprint density at radius 3 is 2.81 bits per heavy atom. The van der Waals surface area contributed by atoms with Gasteiger partial charge in [0.15, 0.2) is 11.8 Å². The number of carbonyl (C=O) groups excluding carboxylic acids is 1. The molecule has 0 unspecified atom stereocenters. The summed E-state index contributed by atoms with van der Waals surface area (Å²) >= 11 is 0. The third-order valence-corrected chi connectivity index (χ3v) is 3.81. The molecule has 8 nitrogen and oxygen atoms in total. The number of hydrogen-bond acceptors (Lipinski definition) is 6. The molecule has 0 saturated carbocycles. The van der Waals surface area contributed by atoms with Crippen LogP contribution in [0.2, 0.25) is 0 Å². The summed E-state index contributed by atoms with van der Waals surface area (Å²) < 4.78 is 16.0. The van der Waals surface area contributed by atoms with Gasteiger partial charge in [0.25, 0.3) is 5.91 Å². The minimum absolute atomic E-state index is 0.00855. The minimum Gasteiger partial charge on any atom is -0.497 e. The van der Waals surface area contributed by atoms with Gasteiger partial charge in [0.2, 0.25) is 0 Å². The lowest BCUT2D eigenvalue weighted by molar-refractivity contribution is -0.141. The van der Waals surface area contributed by atoms with Crippen molar-refractivity contribution in [1.82, 2.24) is 10.3 Å². The molecule has 0 bridgehead atoms. The number of aliphatic carboxylic acids is 1. The second kappa shape index (κ2) is 8.33. The Morgan fingerprint density at radius 2 is 2.11 bits per heavy atom. The van der Waals surface area contributed by atoms with Crippen molar-refractivity contribution >= 4 is 22.8 Å². The number of furan rings is 1. The largest absolute Gasteiger partial charge is 0.497 e. The van der Waals surface area contributed by atoms with Gasteiger partial charge in [0.05, 0.1) is 26.0 Å². The van der Waals surface area contributed by atoms with E-state index in [0.717, 1.165) is 0 Å². The molecular weight excluding hydrogens is 352 g/mol. The maximum atomic E-state index is 12.3. The summed E-state index contributed by atoms with van der Waals surface area (Å²) in [4.78, 5) is 27.8. The Bertz CT molecular complexity index is 938. The van der Waals surface area contributed by atoms with Crippen LogP contribution < -0.4 is 10.1 Å². The Kier molecular flexibility index (Phi) is 5.68. The van der Waals surface area contributed by atoms with Crippen molar-refractivity contribution in [1.29, 1.82) is 0 Å². The van der Waals surface area contributed by atoms with Gasteiger partial charge in [0.1, 0.15) is 11.3 Å². The molecule has 8 heteroatoms. The van der Waals surface area contributed by atoms with Gasteiger partial charge in [-0.05, 0) is 36.4 Å². The lowest BCUT2D eigenvalue weighted by Gasteiger charge is -2.13. The normalized spacial score (nSPS) is 11.9. The van der Waals surface area contributed by atoms with Gasteiger partial charge in [-0.15, -0.1) is 0 Å². The molecule has 27 heavy (non-hydrogen) atoms. The average molecular weight is 370 g/mol. The van der Waals surface area contributed by atoms with E-state index in [2.05, 4.69) is 10.3 Å². The Labute approximate surface area is 154 Å². The van der Waals surface area contributed by atoms with Crippen molar-refractivity contribution in [3.05, 3.63) is 60.1 Å². The standard InChI is InChI=1S/C19H18N2O6/c1-25-14-5-6-16-12(8-14)9-17(27-16)18(22)21-15(19(23)24)11-26-10-13-4-2-3-7-20-13/h2-9,15H,10-11H2,1H3,(H,21,22)(H,23,24)/t15-/m0/s1. The molecule has 140 valence electrons. The van der Waals surface area contributed by atoms with Crippen molar-refractivity contribution in [2.75, 3.05) is 13.7 Å². The SMILES string of the molecule is COc1ccc2oc(C(=O)N[C@@H](COCc3ccccn3)C(=O)O)cc2c1. The van der Waals surface area contributed by atoms with Crippen LogP contribution in [0.25, 0.3) is 11.0 Å². The van der Waals surface area contributed by atoms with E-state index in [1.54, 1.807) is 42.6 Å². The van der Waals surface area contributed by atoms with E-state index in [1.165, 1.54) is 13.2 Å². The molecule has 0 aliphatic carbocycles. The maximum absolute atomic E-state index is 12.3. The summed E-state index contributed by atoms with van der Waals surface area (Å²) in [7, 11) is 1.54. The van der Waals surface area contributed by atoms with E-state index >= 15 is 0 Å². The molecule has 0 spiro atoms. The number of benzene rings is 1. The number of aromatic nitrogens is 1. The first-order chi connectivity index (χ1) is 13.1. The fraction of sp³-hybridized carbons (Fsp3) is 0.211. The predicted molar refractivity (Wildman–Crippen MR) is 95.5 cm³/mol. The summed E-state index contributed by atoms with van der Waals surface area (Å²) in [5.74, 6) is -1.21. The quantitative estimate of drug-likeness (QED) is 0.625. The Hall–Kier alpha value is -3.39. The van der Waals surface area contributed by atoms with Crippen LogP contribution in [-0.2, 0) is 16.1 Å². The first-order valence-corrected chi connectivity index (χ1v) is 8.15. The molecule has 0 aliphatic rings. The van der Waals surface area contributed by atoms with E-state index in [1.807, 2.05) is 0 Å². The van der Waals surface area contributed by atoms with Gasteiger partial charge in [-0.1, -0.05) is 6.07 Å². The minimum atomic E-state index is -1.22. The number of methoxy groups -OCH3 is 1. The van der Waals surface area contributed by atoms with Gasteiger partial charge >= 0.3 is 5.97 Å². The molecule has 1 atom stereocenters. The number of hydrogen-bond donors (Lipinski definition) is 2. The van der Waals surface area contributed by atoms with Crippen LogP contribution in [0, 0.1) is 0 Å². The van der Waals surface area contributed by atoms with Crippen molar-refractivity contribution < 1.29 is 28.6 Å². The zero-order valence-electron chi connectivity index (χ0n) is 14.5. The number of carboxylic acid groups (broad SMARTS) is 1. The third-order valence-electron chi connectivity index (χ3n) is 3.81. The molecule has 2 N–H and O–H groups in total. The van der Waals surface area contributed by atoms with E-state index in [4.69, 9.17) is 13.9 Å². The van der Waals surface area contributed by atoms with Crippen LogP contribution in [0.3, 0.4) is 0 Å². The van der Waals surface area contributed by atoms with Gasteiger partial charge in [-0.2, -0.15) is 0 Å². The molecule has 2 aromatic heterocycles. The van der Waals surface area contributed by atoms with E-state index in [0.29, 0.717) is 22.4 Å². The number of fused-ring (bicyclic) bond motifs is 1. The van der Waals surface area contributed by atoms with Crippen molar-refractivity contribution in [2.45, 2.75) is 12.6 Å². The molecule has 0 saturated heterocycles. The van der Waals surface area contributed by atoms with Crippen LogP contribution in [0.5, 0.6) is 5.75 Å². The number of nitrogens with zero attached hydrogens (tertiary/aromatic N) is 1. The lowest BCUT2D eigenvalue weighted by Crippen LogP contribution is -2.43. The summed E-state index contributed by atoms with van der Waals surface area (Å²) in [5.41, 5.74) is 1.17. The summed E-state index contributed by atoms with van der Waals surface area (Å²) in [6, 6.07) is 10.8. The second-order valence-corrected chi connectivity index (χ2v) is 5.71. The average Bonchev–Trinajstić information content (AvgIpc) is 3.11. The molecule has 3 rings (SSSR count).